The highest BCUT2D eigenvalue weighted by Crippen LogP contribution is 2.27. The van der Waals surface area contributed by atoms with Crippen LogP contribution in [0.2, 0.25) is 5.02 Å². The van der Waals surface area contributed by atoms with Gasteiger partial charge in [0.2, 0.25) is 10.0 Å². The van der Waals surface area contributed by atoms with Crippen molar-refractivity contribution in [3.8, 4) is 0 Å². The Kier molecular flexibility index (Phi) is 7.92. The van der Waals surface area contributed by atoms with Gasteiger partial charge in [-0.05, 0) is 42.5 Å². The highest BCUT2D eigenvalue weighted by molar-refractivity contribution is 7.89. The van der Waals surface area contributed by atoms with E-state index >= 15 is 0 Å². The van der Waals surface area contributed by atoms with Crippen molar-refractivity contribution in [3.05, 3.63) is 51.2 Å². The molecule has 1 unspecified atom stereocenters. The van der Waals surface area contributed by atoms with Gasteiger partial charge in [0.15, 0.2) is 0 Å². The van der Waals surface area contributed by atoms with Crippen LogP contribution in [-0.4, -0.2) is 55.9 Å². The van der Waals surface area contributed by atoms with Crippen molar-refractivity contribution < 1.29 is 17.9 Å². The van der Waals surface area contributed by atoms with E-state index in [0.717, 1.165) is 17.7 Å². The van der Waals surface area contributed by atoms with Gasteiger partial charge in [-0.1, -0.05) is 31.5 Å². The molecule has 1 amide bonds. The number of benzene rings is 1. The molecule has 9 heteroatoms. The largest absolute Gasteiger partial charge is 0.376 e. The Hall–Kier alpha value is -1.45. The molecule has 1 saturated heterocycles. The van der Waals surface area contributed by atoms with Gasteiger partial charge >= 0.3 is 0 Å². The van der Waals surface area contributed by atoms with Crippen LogP contribution < -0.4 is 0 Å². The number of nitrogens with zero attached hydrogens (tertiary/aromatic N) is 2. The van der Waals surface area contributed by atoms with Crippen molar-refractivity contribution in [1.82, 2.24) is 9.21 Å². The van der Waals surface area contributed by atoms with E-state index in [0.29, 0.717) is 38.3 Å². The molecule has 2 heterocycles. The van der Waals surface area contributed by atoms with Crippen LogP contribution in [0.3, 0.4) is 0 Å². The van der Waals surface area contributed by atoms with Crippen LogP contribution in [0.25, 0.3) is 0 Å². The van der Waals surface area contributed by atoms with E-state index in [2.05, 4.69) is 0 Å². The van der Waals surface area contributed by atoms with Crippen molar-refractivity contribution in [1.29, 1.82) is 0 Å². The molecule has 0 spiro atoms. The lowest BCUT2D eigenvalue weighted by molar-refractivity contribution is 0.0509. The summed E-state index contributed by atoms with van der Waals surface area (Å²) in [6.07, 6.45) is 1.90. The summed E-state index contributed by atoms with van der Waals surface area (Å²) in [5.74, 6) is -0.230. The van der Waals surface area contributed by atoms with Crippen molar-refractivity contribution in [2.24, 2.45) is 0 Å². The lowest BCUT2D eigenvalue weighted by Gasteiger charge is -2.26. The van der Waals surface area contributed by atoms with Gasteiger partial charge in [-0.25, -0.2) is 8.42 Å². The molecule has 1 aliphatic rings. The Morgan fingerprint density at radius 1 is 1.27 bits per heavy atom. The lowest BCUT2D eigenvalue weighted by atomic mass is 10.1. The second-order valence-electron chi connectivity index (χ2n) is 7.13. The Morgan fingerprint density at radius 2 is 2.03 bits per heavy atom. The Balaban J connectivity index is 1.92. The van der Waals surface area contributed by atoms with Gasteiger partial charge in [-0.3, -0.25) is 4.79 Å². The van der Waals surface area contributed by atoms with Crippen LogP contribution >= 0.6 is 22.9 Å². The second-order valence-corrected chi connectivity index (χ2v) is 10.5. The van der Waals surface area contributed by atoms with E-state index in [1.54, 1.807) is 36.2 Å². The van der Waals surface area contributed by atoms with Crippen molar-refractivity contribution >= 4 is 38.9 Å². The molecule has 2 aromatic rings. The normalized spacial score (nSPS) is 16.9. The molecule has 0 N–H and O–H groups in total. The third-order valence-electron chi connectivity index (χ3n) is 5.16. The molecular formula is C21H27ClN2O4S2. The van der Waals surface area contributed by atoms with Crippen molar-refractivity contribution in [3.63, 3.8) is 0 Å². The highest BCUT2D eigenvalue weighted by atomic mass is 35.5. The van der Waals surface area contributed by atoms with Gasteiger partial charge in [-0.2, -0.15) is 4.31 Å². The molecule has 1 fully saturated rings. The summed E-state index contributed by atoms with van der Waals surface area (Å²) in [5.41, 5.74) is 0.305. The van der Waals surface area contributed by atoms with E-state index in [1.807, 2.05) is 17.5 Å². The Morgan fingerprint density at radius 3 is 2.63 bits per heavy atom. The molecule has 0 bridgehead atoms. The van der Waals surface area contributed by atoms with Crippen molar-refractivity contribution in [2.45, 2.75) is 44.2 Å². The summed E-state index contributed by atoms with van der Waals surface area (Å²) in [5, 5.41) is 2.09. The first-order valence-electron chi connectivity index (χ1n) is 10.1. The number of ether oxygens (including phenoxy) is 1. The maximum absolute atomic E-state index is 13.4. The Bertz CT molecular complexity index is 953. The number of carbonyl (C=O) groups excluding carboxylic acids is 1. The standard InChI is InChI=1S/C21H27ClN2O4S2/c1-3-24(4-2)30(26,27)20-13-16(9-10-19(20)22)21(25)23(14-17-7-5-11-28-17)15-18-8-6-12-29-18/h6,8-10,12-13,17H,3-5,7,11,14-15H2,1-2H3. The first-order valence-corrected chi connectivity index (χ1v) is 12.8. The summed E-state index contributed by atoms with van der Waals surface area (Å²) in [6.45, 7) is 5.84. The second kappa shape index (κ2) is 10.2. The molecule has 3 rings (SSSR count). The van der Waals surface area contributed by atoms with Crippen molar-refractivity contribution in [2.75, 3.05) is 26.2 Å². The number of hydrogen-bond acceptors (Lipinski definition) is 5. The number of carbonyl (C=O) groups is 1. The number of amides is 1. The molecule has 1 aromatic carbocycles. The molecule has 6 nitrogen and oxygen atoms in total. The molecule has 1 aliphatic heterocycles. The predicted molar refractivity (Wildman–Crippen MR) is 120 cm³/mol. The minimum absolute atomic E-state index is 0.0000832. The highest BCUT2D eigenvalue weighted by Gasteiger charge is 2.28. The number of thiophene rings is 1. The third-order valence-corrected chi connectivity index (χ3v) is 8.56. The molecule has 164 valence electrons. The Labute approximate surface area is 187 Å². The van der Waals surface area contributed by atoms with E-state index in [4.69, 9.17) is 16.3 Å². The average Bonchev–Trinajstić information content (AvgIpc) is 3.42. The SMILES string of the molecule is CCN(CC)S(=O)(=O)c1cc(C(=O)N(Cc2cccs2)CC2CCCO2)ccc1Cl. The first kappa shape index (κ1) is 23.2. The quantitative estimate of drug-likeness (QED) is 0.549. The molecule has 0 saturated carbocycles. The predicted octanol–water partition coefficient (Wildman–Crippen LogP) is 4.25. The number of hydrogen-bond donors (Lipinski definition) is 0. The van der Waals surface area contributed by atoms with Gasteiger partial charge in [0.05, 0.1) is 17.7 Å². The zero-order valence-electron chi connectivity index (χ0n) is 17.2. The minimum atomic E-state index is -3.78. The van der Waals surface area contributed by atoms with Crippen LogP contribution in [-0.2, 0) is 21.3 Å². The number of rotatable bonds is 9. The van der Waals surface area contributed by atoms with Crippen LogP contribution in [0.15, 0.2) is 40.6 Å². The topological polar surface area (TPSA) is 66.9 Å². The van der Waals surface area contributed by atoms with Gasteiger partial charge in [-0.15, -0.1) is 11.3 Å². The van der Waals surface area contributed by atoms with Gasteiger partial charge in [0.25, 0.3) is 5.91 Å². The summed E-state index contributed by atoms with van der Waals surface area (Å²) < 4.78 is 33.1. The van der Waals surface area contributed by atoms with E-state index in [1.165, 1.54) is 16.4 Å². The molecule has 1 aromatic heterocycles. The van der Waals surface area contributed by atoms with Crippen LogP contribution in [0.4, 0.5) is 0 Å². The molecule has 30 heavy (non-hydrogen) atoms. The fourth-order valence-electron chi connectivity index (χ4n) is 3.56. The maximum atomic E-state index is 13.4. The third kappa shape index (κ3) is 5.23. The van der Waals surface area contributed by atoms with E-state index in [-0.39, 0.29) is 21.9 Å². The molecule has 0 radical (unpaired) electrons. The fourth-order valence-corrected chi connectivity index (χ4v) is 6.24. The summed E-state index contributed by atoms with van der Waals surface area (Å²) in [4.78, 5) is 16.1. The van der Waals surface area contributed by atoms with Crippen LogP contribution in [0, 0.1) is 0 Å². The number of halogens is 1. The summed E-state index contributed by atoms with van der Waals surface area (Å²) >= 11 is 7.81. The molecular weight excluding hydrogens is 444 g/mol. The monoisotopic (exact) mass is 470 g/mol. The smallest absolute Gasteiger partial charge is 0.254 e. The van der Waals surface area contributed by atoms with Crippen LogP contribution in [0.5, 0.6) is 0 Å². The van der Waals surface area contributed by atoms with Crippen LogP contribution in [0.1, 0.15) is 41.9 Å². The zero-order chi connectivity index (χ0) is 21.7. The fraction of sp³-hybridized carbons (Fsp3) is 0.476. The average molecular weight is 471 g/mol. The van der Waals surface area contributed by atoms with E-state index in [9.17, 15) is 13.2 Å². The first-order chi connectivity index (χ1) is 14.4. The van der Waals surface area contributed by atoms with E-state index < -0.39 is 10.0 Å². The van der Waals surface area contributed by atoms with Gasteiger partial charge in [0.1, 0.15) is 4.90 Å². The number of sulfonamides is 1. The summed E-state index contributed by atoms with van der Waals surface area (Å²) in [7, 11) is -3.78. The molecule has 0 aliphatic carbocycles. The summed E-state index contributed by atoms with van der Waals surface area (Å²) in [6, 6.07) is 8.41. The minimum Gasteiger partial charge on any atom is -0.376 e. The lowest BCUT2D eigenvalue weighted by Crippen LogP contribution is -2.37. The zero-order valence-corrected chi connectivity index (χ0v) is 19.6. The van der Waals surface area contributed by atoms with Gasteiger partial charge in [0, 0.05) is 36.7 Å². The molecule has 1 atom stereocenters. The van der Waals surface area contributed by atoms with Gasteiger partial charge < -0.3 is 9.64 Å². The maximum Gasteiger partial charge on any atom is 0.254 e.